The Kier molecular flexibility index (Phi) is 7.99. The molecule has 190 valence electrons. The van der Waals surface area contributed by atoms with E-state index in [-0.39, 0.29) is 15.5 Å². The number of piperidine rings is 1. The molecule has 11 heteroatoms. The molecule has 1 aliphatic heterocycles. The lowest BCUT2D eigenvalue weighted by Gasteiger charge is -2.26. The van der Waals surface area contributed by atoms with E-state index in [1.54, 1.807) is 30.3 Å². The fourth-order valence-electron chi connectivity index (χ4n) is 3.94. The molecule has 1 aliphatic rings. The molecule has 8 nitrogen and oxygen atoms in total. The number of nitrogens with zero attached hydrogens (tertiary/aromatic N) is 2. The molecule has 36 heavy (non-hydrogen) atoms. The number of carbonyl (C=O) groups excluding carboxylic acids is 1. The minimum atomic E-state index is -4.05. The van der Waals surface area contributed by atoms with Gasteiger partial charge < -0.3 is 5.32 Å². The van der Waals surface area contributed by atoms with Gasteiger partial charge in [-0.05, 0) is 73.5 Å². The summed E-state index contributed by atoms with van der Waals surface area (Å²) in [4.78, 5) is 13.1. The number of benzene rings is 3. The van der Waals surface area contributed by atoms with E-state index in [1.165, 1.54) is 52.8 Å². The zero-order valence-corrected chi connectivity index (χ0v) is 21.8. The Hall–Kier alpha value is -2.92. The maximum Gasteiger partial charge on any atom is 0.264 e. The molecule has 0 saturated carbocycles. The van der Waals surface area contributed by atoms with Gasteiger partial charge in [0.1, 0.15) is 6.54 Å². The zero-order chi connectivity index (χ0) is 25.8. The Balaban J connectivity index is 1.53. The van der Waals surface area contributed by atoms with E-state index in [2.05, 4.69) is 5.32 Å². The second kappa shape index (κ2) is 11.0. The number of halogens is 1. The molecule has 1 saturated heterocycles. The maximum atomic E-state index is 13.4. The highest BCUT2D eigenvalue weighted by atomic mass is 35.5. The van der Waals surface area contributed by atoms with Gasteiger partial charge in [0.15, 0.2) is 0 Å². The van der Waals surface area contributed by atoms with Crippen LogP contribution in [-0.4, -0.2) is 46.7 Å². The smallest absolute Gasteiger partial charge is 0.264 e. The van der Waals surface area contributed by atoms with E-state index in [4.69, 9.17) is 11.6 Å². The first-order chi connectivity index (χ1) is 17.2. The van der Waals surface area contributed by atoms with Crippen LogP contribution in [0.5, 0.6) is 0 Å². The first-order valence-electron chi connectivity index (χ1n) is 11.4. The normalized spacial score (nSPS) is 14.8. The monoisotopic (exact) mass is 547 g/mol. The van der Waals surface area contributed by atoms with Crippen LogP contribution in [-0.2, 0) is 24.8 Å². The van der Waals surface area contributed by atoms with Gasteiger partial charge in [0.25, 0.3) is 10.0 Å². The predicted molar refractivity (Wildman–Crippen MR) is 140 cm³/mol. The van der Waals surface area contributed by atoms with E-state index in [9.17, 15) is 21.6 Å². The highest BCUT2D eigenvalue weighted by molar-refractivity contribution is 7.92. The van der Waals surface area contributed by atoms with Crippen molar-refractivity contribution in [3.8, 4) is 0 Å². The van der Waals surface area contributed by atoms with Gasteiger partial charge >= 0.3 is 0 Å². The number of nitrogens with one attached hydrogen (secondary N) is 1. The van der Waals surface area contributed by atoms with E-state index >= 15 is 0 Å². The quantitative estimate of drug-likeness (QED) is 0.451. The molecule has 0 atom stereocenters. The molecule has 1 amide bonds. The van der Waals surface area contributed by atoms with Gasteiger partial charge in [-0.1, -0.05) is 36.2 Å². The number of carbonyl (C=O) groups is 1. The number of hydrogen-bond acceptors (Lipinski definition) is 5. The Morgan fingerprint density at radius 3 is 2.03 bits per heavy atom. The topological polar surface area (TPSA) is 104 Å². The van der Waals surface area contributed by atoms with Gasteiger partial charge in [-0.2, -0.15) is 4.31 Å². The molecule has 4 rings (SSSR count). The molecule has 3 aromatic carbocycles. The van der Waals surface area contributed by atoms with Crippen LogP contribution in [0, 0.1) is 0 Å². The number of sulfonamides is 2. The van der Waals surface area contributed by atoms with Crippen LogP contribution >= 0.6 is 11.6 Å². The molecular weight excluding hydrogens is 522 g/mol. The second-order valence-corrected chi connectivity index (χ2v) is 12.6. The summed E-state index contributed by atoms with van der Waals surface area (Å²) in [5.41, 5.74) is 0.632. The van der Waals surface area contributed by atoms with Gasteiger partial charge in [-0.25, -0.2) is 16.8 Å². The lowest BCUT2D eigenvalue weighted by Crippen LogP contribution is -2.38. The number of hydrogen-bond donors (Lipinski definition) is 1. The maximum absolute atomic E-state index is 13.4. The number of amides is 1. The molecule has 1 fully saturated rings. The largest absolute Gasteiger partial charge is 0.325 e. The highest BCUT2D eigenvalue weighted by Gasteiger charge is 2.28. The summed E-state index contributed by atoms with van der Waals surface area (Å²) >= 11 is 5.96. The van der Waals surface area contributed by atoms with Crippen molar-refractivity contribution in [2.45, 2.75) is 29.1 Å². The van der Waals surface area contributed by atoms with Crippen LogP contribution in [0.4, 0.5) is 11.4 Å². The van der Waals surface area contributed by atoms with E-state index in [0.29, 0.717) is 23.8 Å². The molecule has 3 aromatic rings. The van der Waals surface area contributed by atoms with E-state index in [0.717, 1.165) is 23.6 Å². The summed E-state index contributed by atoms with van der Waals surface area (Å²) in [6.45, 7) is 0.501. The molecule has 0 bridgehead atoms. The predicted octanol–water partition coefficient (Wildman–Crippen LogP) is 4.35. The van der Waals surface area contributed by atoms with Gasteiger partial charge in [0.2, 0.25) is 15.9 Å². The fourth-order valence-corrected chi connectivity index (χ4v) is 7.02. The Morgan fingerprint density at radius 2 is 1.42 bits per heavy atom. The van der Waals surface area contributed by atoms with Crippen LogP contribution in [0.15, 0.2) is 88.7 Å². The number of anilines is 2. The molecular formula is C25H26ClN3O5S2. The average Bonchev–Trinajstić information content (AvgIpc) is 2.89. The molecule has 0 unspecified atom stereocenters. The Labute approximate surface area is 216 Å². The molecule has 1 heterocycles. The Bertz CT molecular complexity index is 1410. The van der Waals surface area contributed by atoms with Crippen LogP contribution in [0.25, 0.3) is 0 Å². The van der Waals surface area contributed by atoms with Crippen LogP contribution < -0.4 is 9.62 Å². The van der Waals surface area contributed by atoms with Gasteiger partial charge in [-0.3, -0.25) is 9.10 Å². The second-order valence-electron chi connectivity index (χ2n) is 8.34. The highest BCUT2D eigenvalue weighted by Crippen LogP contribution is 2.26. The summed E-state index contributed by atoms with van der Waals surface area (Å²) in [5.74, 6) is -0.587. The molecule has 1 N–H and O–H groups in total. The van der Waals surface area contributed by atoms with Gasteiger partial charge in [0, 0.05) is 23.8 Å². The third kappa shape index (κ3) is 5.89. The van der Waals surface area contributed by atoms with Crippen molar-refractivity contribution in [3.63, 3.8) is 0 Å². The summed E-state index contributed by atoms with van der Waals surface area (Å²) in [6, 6.07) is 19.8. The van der Waals surface area contributed by atoms with Crippen molar-refractivity contribution in [2.75, 3.05) is 29.3 Å². The summed E-state index contributed by atoms with van der Waals surface area (Å²) in [6.07, 6.45) is 2.69. The molecule has 0 aliphatic carbocycles. The van der Waals surface area contributed by atoms with Crippen molar-refractivity contribution in [1.82, 2.24) is 4.31 Å². The summed E-state index contributed by atoms with van der Waals surface area (Å²) in [5, 5.41) is 3.09. The van der Waals surface area contributed by atoms with Crippen molar-refractivity contribution in [3.05, 3.63) is 83.9 Å². The first-order valence-corrected chi connectivity index (χ1v) is 14.7. The molecule has 0 radical (unpaired) electrons. The lowest BCUT2D eigenvalue weighted by atomic mass is 10.2. The van der Waals surface area contributed by atoms with Crippen molar-refractivity contribution < 1.29 is 21.6 Å². The fraction of sp³-hybridized carbons (Fsp3) is 0.240. The summed E-state index contributed by atoms with van der Waals surface area (Å²) < 4.78 is 54.9. The molecule has 0 spiro atoms. The van der Waals surface area contributed by atoms with Crippen molar-refractivity contribution >= 4 is 48.9 Å². The lowest BCUT2D eigenvalue weighted by molar-refractivity contribution is -0.114. The Morgan fingerprint density at radius 1 is 0.806 bits per heavy atom. The SMILES string of the molecule is O=C(CN(c1ccc(Cl)cc1)S(=O)(=O)c1ccccc1)Nc1ccc(S(=O)(=O)N2CCCCC2)cc1. The third-order valence-corrected chi connectivity index (χ3v) is 9.78. The van der Waals surface area contributed by atoms with Gasteiger partial charge in [0.05, 0.1) is 15.5 Å². The standard InChI is InChI=1S/C25H26ClN3O5S2/c26-20-9-13-22(14-10-20)29(36(33,34)23-7-3-1-4-8-23)19-25(30)27-21-11-15-24(16-12-21)35(31,32)28-17-5-2-6-18-28/h1,3-4,7-16H,2,5-6,17-19H2,(H,27,30). The van der Waals surface area contributed by atoms with Crippen molar-refractivity contribution in [1.29, 1.82) is 0 Å². The molecule has 0 aromatic heterocycles. The first kappa shape index (κ1) is 26.2. The minimum absolute atomic E-state index is 0.0417. The minimum Gasteiger partial charge on any atom is -0.325 e. The van der Waals surface area contributed by atoms with Crippen LogP contribution in [0.2, 0.25) is 5.02 Å². The number of rotatable bonds is 8. The summed E-state index contributed by atoms with van der Waals surface area (Å²) in [7, 11) is -7.64. The van der Waals surface area contributed by atoms with Crippen molar-refractivity contribution in [2.24, 2.45) is 0 Å². The van der Waals surface area contributed by atoms with E-state index in [1.807, 2.05) is 0 Å². The van der Waals surface area contributed by atoms with Gasteiger partial charge in [-0.15, -0.1) is 0 Å². The average molecular weight is 548 g/mol. The van der Waals surface area contributed by atoms with E-state index < -0.39 is 32.5 Å². The van der Waals surface area contributed by atoms with Crippen LogP contribution in [0.3, 0.4) is 0 Å². The zero-order valence-electron chi connectivity index (χ0n) is 19.4. The van der Waals surface area contributed by atoms with Crippen LogP contribution in [0.1, 0.15) is 19.3 Å². The third-order valence-electron chi connectivity index (χ3n) is 5.82.